The zero-order valence-electron chi connectivity index (χ0n) is 9.79. The van der Waals surface area contributed by atoms with Crippen molar-refractivity contribution in [2.45, 2.75) is 18.9 Å². The molecule has 18 heavy (non-hydrogen) atoms. The molecule has 92 valence electrons. The Labute approximate surface area is 104 Å². The van der Waals surface area contributed by atoms with Crippen LogP contribution in [-0.2, 0) is 12.8 Å². The van der Waals surface area contributed by atoms with Gasteiger partial charge in [-0.2, -0.15) is 0 Å². The van der Waals surface area contributed by atoms with E-state index in [1.807, 2.05) is 12.1 Å². The van der Waals surface area contributed by atoms with Gasteiger partial charge in [-0.25, -0.2) is 8.78 Å². The summed E-state index contributed by atoms with van der Waals surface area (Å²) in [5.41, 5.74) is 8.69. The molecule has 0 heterocycles. The Morgan fingerprint density at radius 3 is 1.72 bits per heavy atom. The third-order valence-electron chi connectivity index (χ3n) is 3.57. The van der Waals surface area contributed by atoms with Crippen LogP contribution in [0.4, 0.5) is 8.78 Å². The van der Waals surface area contributed by atoms with E-state index in [4.69, 9.17) is 5.73 Å². The van der Waals surface area contributed by atoms with E-state index in [-0.39, 0.29) is 11.6 Å². The Bertz CT molecular complexity index is 554. The van der Waals surface area contributed by atoms with Gasteiger partial charge in [-0.15, -0.1) is 0 Å². The van der Waals surface area contributed by atoms with Crippen LogP contribution in [0, 0.1) is 11.6 Å². The van der Waals surface area contributed by atoms with Gasteiger partial charge >= 0.3 is 0 Å². The number of hydrogen-bond acceptors (Lipinski definition) is 1. The van der Waals surface area contributed by atoms with Gasteiger partial charge in [-0.1, -0.05) is 24.3 Å². The molecular weight excluding hydrogens is 232 g/mol. The normalized spacial score (nSPS) is 14.8. The Morgan fingerprint density at radius 2 is 1.28 bits per heavy atom. The van der Waals surface area contributed by atoms with Gasteiger partial charge < -0.3 is 5.73 Å². The number of fused-ring (bicyclic) bond motifs is 2. The fourth-order valence-corrected chi connectivity index (χ4v) is 2.71. The van der Waals surface area contributed by atoms with E-state index in [9.17, 15) is 8.78 Å². The van der Waals surface area contributed by atoms with Crippen molar-refractivity contribution >= 4 is 0 Å². The van der Waals surface area contributed by atoms with Crippen LogP contribution < -0.4 is 5.73 Å². The lowest BCUT2D eigenvalue weighted by molar-refractivity contribution is 0.574. The summed E-state index contributed by atoms with van der Waals surface area (Å²) in [5, 5.41) is 0. The summed E-state index contributed by atoms with van der Waals surface area (Å²) in [6.07, 6.45) is 1.38. The predicted molar refractivity (Wildman–Crippen MR) is 66.2 cm³/mol. The SMILES string of the molecule is NC1c2c(F)cccc2CCc2cccc(F)c21. The summed E-state index contributed by atoms with van der Waals surface area (Å²) in [6.45, 7) is 0. The Kier molecular flexibility index (Phi) is 2.63. The molecule has 2 aromatic rings. The fourth-order valence-electron chi connectivity index (χ4n) is 2.71. The van der Waals surface area contributed by atoms with Gasteiger partial charge in [0, 0.05) is 11.1 Å². The van der Waals surface area contributed by atoms with Crippen LogP contribution >= 0.6 is 0 Å². The van der Waals surface area contributed by atoms with Crippen LogP contribution in [0.15, 0.2) is 36.4 Å². The quantitative estimate of drug-likeness (QED) is 0.758. The van der Waals surface area contributed by atoms with Crippen LogP contribution in [0.25, 0.3) is 0 Å². The second-order valence-corrected chi connectivity index (χ2v) is 4.60. The summed E-state index contributed by atoms with van der Waals surface area (Å²) in [5.74, 6) is -0.702. The molecule has 0 aliphatic heterocycles. The highest BCUT2D eigenvalue weighted by Crippen LogP contribution is 2.33. The third kappa shape index (κ3) is 1.63. The van der Waals surface area contributed by atoms with Crippen molar-refractivity contribution in [3.63, 3.8) is 0 Å². The molecule has 1 aliphatic rings. The first-order valence-electron chi connectivity index (χ1n) is 5.98. The maximum atomic E-state index is 13.9. The first-order valence-corrected chi connectivity index (χ1v) is 5.98. The van der Waals surface area contributed by atoms with Crippen LogP contribution in [0.1, 0.15) is 28.3 Å². The molecule has 1 aliphatic carbocycles. The third-order valence-corrected chi connectivity index (χ3v) is 3.57. The highest BCUT2D eigenvalue weighted by molar-refractivity contribution is 5.45. The van der Waals surface area contributed by atoms with Gasteiger partial charge in [-0.05, 0) is 36.1 Å². The minimum Gasteiger partial charge on any atom is -0.320 e. The van der Waals surface area contributed by atoms with Gasteiger partial charge in [0.25, 0.3) is 0 Å². The van der Waals surface area contributed by atoms with Crippen LogP contribution in [0.5, 0.6) is 0 Å². The summed E-state index contributed by atoms with van der Waals surface area (Å²) in [7, 11) is 0. The van der Waals surface area contributed by atoms with Crippen molar-refractivity contribution in [3.8, 4) is 0 Å². The standard InChI is InChI=1S/C15H13F2N/c16-11-5-1-3-9-7-8-10-4-2-6-12(17)14(10)15(18)13(9)11/h1-6,15H,7-8,18H2. The van der Waals surface area contributed by atoms with Gasteiger partial charge in [0.1, 0.15) is 11.6 Å². The molecule has 0 unspecified atom stereocenters. The molecule has 0 saturated heterocycles. The number of rotatable bonds is 0. The highest BCUT2D eigenvalue weighted by atomic mass is 19.1. The number of halogens is 2. The average Bonchev–Trinajstić information content (AvgIpc) is 2.49. The molecule has 0 bridgehead atoms. The van der Waals surface area contributed by atoms with Crippen molar-refractivity contribution < 1.29 is 8.78 Å². The first-order chi connectivity index (χ1) is 8.68. The van der Waals surface area contributed by atoms with Crippen molar-refractivity contribution in [1.82, 2.24) is 0 Å². The van der Waals surface area contributed by atoms with E-state index in [0.29, 0.717) is 24.0 Å². The minimum absolute atomic E-state index is 0.351. The second-order valence-electron chi connectivity index (χ2n) is 4.60. The molecule has 0 fully saturated rings. The van der Waals surface area contributed by atoms with Gasteiger partial charge in [0.05, 0.1) is 6.04 Å². The van der Waals surface area contributed by atoms with E-state index < -0.39 is 6.04 Å². The van der Waals surface area contributed by atoms with E-state index in [0.717, 1.165) is 11.1 Å². The summed E-state index contributed by atoms with van der Waals surface area (Å²) in [6, 6.07) is 9.11. The zero-order valence-corrected chi connectivity index (χ0v) is 9.79. The fraction of sp³-hybridized carbons (Fsp3) is 0.200. The Balaban J connectivity index is 2.26. The first kappa shape index (κ1) is 11.4. The molecule has 3 heteroatoms. The second kappa shape index (κ2) is 4.18. The van der Waals surface area contributed by atoms with Crippen LogP contribution in [0.3, 0.4) is 0 Å². The lowest BCUT2D eigenvalue weighted by Gasteiger charge is -2.16. The maximum Gasteiger partial charge on any atom is 0.128 e. The smallest absolute Gasteiger partial charge is 0.128 e. The summed E-state index contributed by atoms with van der Waals surface area (Å²) in [4.78, 5) is 0. The summed E-state index contributed by atoms with van der Waals surface area (Å²) < 4.78 is 27.9. The van der Waals surface area contributed by atoms with Crippen molar-refractivity contribution in [1.29, 1.82) is 0 Å². The maximum absolute atomic E-state index is 13.9. The molecule has 1 nitrogen and oxygen atoms in total. The molecule has 3 rings (SSSR count). The highest BCUT2D eigenvalue weighted by Gasteiger charge is 2.25. The van der Waals surface area contributed by atoms with Crippen molar-refractivity contribution in [2.75, 3.05) is 0 Å². The Hall–Kier alpha value is -1.74. The van der Waals surface area contributed by atoms with E-state index in [2.05, 4.69) is 0 Å². The molecule has 2 aromatic carbocycles. The number of benzene rings is 2. The van der Waals surface area contributed by atoms with Crippen molar-refractivity contribution in [3.05, 3.63) is 70.3 Å². The zero-order chi connectivity index (χ0) is 12.7. The van der Waals surface area contributed by atoms with E-state index in [1.54, 1.807) is 12.1 Å². The van der Waals surface area contributed by atoms with E-state index in [1.165, 1.54) is 12.1 Å². The molecular formula is C15H13F2N. The lowest BCUT2D eigenvalue weighted by atomic mass is 9.94. The molecule has 0 atom stereocenters. The molecule has 0 aromatic heterocycles. The van der Waals surface area contributed by atoms with Crippen LogP contribution in [-0.4, -0.2) is 0 Å². The minimum atomic E-state index is -0.722. The van der Waals surface area contributed by atoms with Crippen molar-refractivity contribution in [2.24, 2.45) is 5.73 Å². The largest absolute Gasteiger partial charge is 0.320 e. The number of hydrogen-bond donors (Lipinski definition) is 1. The Morgan fingerprint density at radius 1 is 0.833 bits per heavy atom. The molecule has 2 N–H and O–H groups in total. The predicted octanol–water partition coefficient (Wildman–Crippen LogP) is 3.11. The summed E-state index contributed by atoms with van der Waals surface area (Å²) >= 11 is 0. The van der Waals surface area contributed by atoms with Gasteiger partial charge in [0.15, 0.2) is 0 Å². The van der Waals surface area contributed by atoms with Crippen LogP contribution in [0.2, 0.25) is 0 Å². The number of nitrogens with two attached hydrogens (primary N) is 1. The molecule has 0 spiro atoms. The molecule has 0 radical (unpaired) electrons. The van der Waals surface area contributed by atoms with Gasteiger partial charge in [-0.3, -0.25) is 0 Å². The topological polar surface area (TPSA) is 26.0 Å². The number of aryl methyl sites for hydroxylation is 2. The lowest BCUT2D eigenvalue weighted by Crippen LogP contribution is -2.17. The average molecular weight is 245 g/mol. The van der Waals surface area contributed by atoms with Gasteiger partial charge in [0.2, 0.25) is 0 Å². The van der Waals surface area contributed by atoms with E-state index >= 15 is 0 Å². The monoisotopic (exact) mass is 245 g/mol. The molecule has 0 amide bonds. The molecule has 0 saturated carbocycles.